The van der Waals surface area contributed by atoms with Crippen LogP contribution < -0.4 is 0 Å². The molecule has 0 aliphatic heterocycles. The first-order chi connectivity index (χ1) is 5.59. The number of halogens is 2. The average Bonchev–Trinajstić information content (AvgIpc) is 1.96. The highest BCUT2D eigenvalue weighted by molar-refractivity contribution is 9.14. The van der Waals surface area contributed by atoms with Gasteiger partial charge in [0.25, 0.3) is 0 Å². The van der Waals surface area contributed by atoms with Crippen LogP contribution in [0.1, 0.15) is 12.8 Å². The molecule has 70 valence electrons. The lowest BCUT2D eigenvalue weighted by Gasteiger charge is -2.25. The van der Waals surface area contributed by atoms with E-state index in [9.17, 15) is 0 Å². The van der Waals surface area contributed by atoms with E-state index in [0.29, 0.717) is 10.9 Å². The highest BCUT2D eigenvalue weighted by Gasteiger charge is 2.21. The lowest BCUT2D eigenvalue weighted by Crippen LogP contribution is -2.26. The van der Waals surface area contributed by atoms with Crippen LogP contribution in [0.2, 0.25) is 13.1 Å². The third-order valence-electron chi connectivity index (χ3n) is 1.81. The van der Waals surface area contributed by atoms with Crippen LogP contribution in [0.25, 0.3) is 0 Å². The van der Waals surface area contributed by atoms with Crippen molar-refractivity contribution in [3.63, 3.8) is 0 Å². The van der Waals surface area contributed by atoms with Gasteiger partial charge in [0, 0.05) is 15.4 Å². The summed E-state index contributed by atoms with van der Waals surface area (Å²) in [7, 11) is -0.857. The van der Waals surface area contributed by atoms with Gasteiger partial charge in [0.05, 0.1) is 0 Å². The van der Waals surface area contributed by atoms with Crippen molar-refractivity contribution in [3.8, 4) is 0 Å². The summed E-state index contributed by atoms with van der Waals surface area (Å²) >= 11 is 7.12. The predicted octanol–water partition coefficient (Wildman–Crippen LogP) is 3.19. The zero-order chi connectivity index (χ0) is 9.14. The second kappa shape index (κ2) is 4.93. The maximum absolute atomic E-state index is 5.85. The van der Waals surface area contributed by atoms with Crippen molar-refractivity contribution in [1.82, 2.24) is 0 Å². The molecule has 0 heterocycles. The van der Waals surface area contributed by atoms with Gasteiger partial charge in [0.15, 0.2) is 9.04 Å². The smallest absolute Gasteiger partial charge is 0.171 e. The van der Waals surface area contributed by atoms with Crippen LogP contribution in [-0.2, 0) is 4.43 Å². The lowest BCUT2D eigenvalue weighted by atomic mass is 10.1. The Balaban J connectivity index is 2.42. The van der Waals surface area contributed by atoms with E-state index < -0.39 is 9.04 Å². The molecule has 1 aliphatic rings. The molecule has 0 saturated heterocycles. The minimum atomic E-state index is -0.857. The van der Waals surface area contributed by atoms with E-state index in [1.165, 1.54) is 4.48 Å². The topological polar surface area (TPSA) is 9.23 Å². The molecule has 0 aromatic heterocycles. The molecule has 0 aromatic carbocycles. The number of hydrogen-bond acceptors (Lipinski definition) is 1. The molecule has 1 aliphatic carbocycles. The Hall–Kier alpha value is 0.877. The van der Waals surface area contributed by atoms with Crippen molar-refractivity contribution < 1.29 is 4.43 Å². The predicted molar refractivity (Wildman–Crippen MR) is 62.7 cm³/mol. The van der Waals surface area contributed by atoms with Crippen molar-refractivity contribution in [2.45, 2.75) is 36.9 Å². The van der Waals surface area contributed by atoms with E-state index in [0.717, 1.165) is 12.8 Å². The Morgan fingerprint density at radius 3 is 2.75 bits per heavy atom. The van der Waals surface area contributed by atoms with Gasteiger partial charge in [-0.25, -0.2) is 0 Å². The van der Waals surface area contributed by atoms with E-state index in [2.05, 4.69) is 51.0 Å². The second-order valence-electron chi connectivity index (χ2n) is 3.33. The third kappa shape index (κ3) is 3.32. The molecular formula is C8H14Br2OSi. The van der Waals surface area contributed by atoms with Gasteiger partial charge in [-0.1, -0.05) is 37.9 Å². The zero-order valence-electron chi connectivity index (χ0n) is 7.39. The molecule has 1 nitrogen and oxygen atoms in total. The summed E-state index contributed by atoms with van der Waals surface area (Å²) in [6.07, 6.45) is 4.82. The van der Waals surface area contributed by atoms with E-state index in [1.54, 1.807) is 0 Å². The summed E-state index contributed by atoms with van der Waals surface area (Å²) in [5, 5.41) is 0. The van der Waals surface area contributed by atoms with Gasteiger partial charge in [-0.15, -0.1) is 0 Å². The standard InChI is InChI=1S/C8H14Br2OSi/c1-12(2)11-6-3-4-7(9)8(10)5-6/h4,6,8,12H,3,5H2,1-2H3. The van der Waals surface area contributed by atoms with Gasteiger partial charge < -0.3 is 4.43 Å². The van der Waals surface area contributed by atoms with Gasteiger partial charge in [0.2, 0.25) is 0 Å². The Morgan fingerprint density at radius 1 is 1.58 bits per heavy atom. The quantitative estimate of drug-likeness (QED) is 0.562. The van der Waals surface area contributed by atoms with E-state index in [4.69, 9.17) is 4.43 Å². The molecule has 1 rings (SSSR count). The SMILES string of the molecule is C[SiH](C)OC1CC=C(Br)C(Br)C1. The van der Waals surface area contributed by atoms with Crippen LogP contribution >= 0.6 is 31.9 Å². The van der Waals surface area contributed by atoms with Crippen LogP contribution in [0.5, 0.6) is 0 Å². The minimum absolute atomic E-state index is 0.447. The Bertz CT molecular complexity index is 182. The largest absolute Gasteiger partial charge is 0.417 e. The van der Waals surface area contributed by atoms with Crippen molar-refractivity contribution in [3.05, 3.63) is 10.6 Å². The van der Waals surface area contributed by atoms with Crippen molar-refractivity contribution in [2.24, 2.45) is 0 Å². The third-order valence-corrected chi connectivity index (χ3v) is 5.10. The van der Waals surface area contributed by atoms with Crippen LogP contribution in [0, 0.1) is 0 Å². The monoisotopic (exact) mass is 312 g/mol. The van der Waals surface area contributed by atoms with Crippen LogP contribution in [0.15, 0.2) is 10.6 Å². The Labute approximate surface area is 92.5 Å². The first-order valence-corrected chi connectivity index (χ1v) is 8.73. The maximum atomic E-state index is 5.85. The van der Waals surface area contributed by atoms with Gasteiger partial charge in [-0.2, -0.15) is 0 Å². The summed E-state index contributed by atoms with van der Waals surface area (Å²) in [5.41, 5.74) is 0. The molecule has 0 aromatic rings. The maximum Gasteiger partial charge on any atom is 0.171 e. The first-order valence-electron chi connectivity index (χ1n) is 4.24. The number of rotatable bonds is 2. The average molecular weight is 314 g/mol. The molecule has 0 bridgehead atoms. The summed E-state index contributed by atoms with van der Waals surface area (Å²) in [5.74, 6) is 0. The molecule has 0 radical (unpaired) electrons. The fourth-order valence-corrected chi connectivity index (χ4v) is 3.28. The van der Waals surface area contributed by atoms with Gasteiger partial charge in [-0.05, 0) is 25.9 Å². The normalized spacial score (nSPS) is 30.6. The second-order valence-corrected chi connectivity index (χ2v) is 7.73. The molecule has 0 spiro atoms. The van der Waals surface area contributed by atoms with Crippen molar-refractivity contribution >= 4 is 40.9 Å². The molecular weight excluding hydrogens is 300 g/mol. The summed E-state index contributed by atoms with van der Waals surface area (Å²) in [6.45, 7) is 4.44. The lowest BCUT2D eigenvalue weighted by molar-refractivity contribution is 0.195. The molecule has 0 N–H and O–H groups in total. The molecule has 12 heavy (non-hydrogen) atoms. The summed E-state index contributed by atoms with van der Waals surface area (Å²) in [6, 6.07) is 0. The molecule has 0 amide bonds. The van der Waals surface area contributed by atoms with Crippen LogP contribution in [0.4, 0.5) is 0 Å². The molecule has 0 saturated carbocycles. The van der Waals surface area contributed by atoms with E-state index >= 15 is 0 Å². The highest BCUT2D eigenvalue weighted by Crippen LogP contribution is 2.30. The van der Waals surface area contributed by atoms with Crippen LogP contribution in [-0.4, -0.2) is 20.0 Å². The fraction of sp³-hybridized carbons (Fsp3) is 0.750. The highest BCUT2D eigenvalue weighted by atomic mass is 79.9. The van der Waals surface area contributed by atoms with E-state index in [-0.39, 0.29) is 0 Å². The Kier molecular flexibility index (Phi) is 4.50. The zero-order valence-corrected chi connectivity index (χ0v) is 11.7. The summed E-state index contributed by atoms with van der Waals surface area (Å²) in [4.78, 5) is 0.462. The molecule has 4 heteroatoms. The van der Waals surface area contributed by atoms with Crippen molar-refractivity contribution in [1.29, 1.82) is 0 Å². The van der Waals surface area contributed by atoms with Crippen molar-refractivity contribution in [2.75, 3.05) is 0 Å². The molecule has 0 fully saturated rings. The van der Waals surface area contributed by atoms with Crippen LogP contribution in [0.3, 0.4) is 0 Å². The number of alkyl halides is 1. The fourth-order valence-electron chi connectivity index (χ4n) is 1.31. The van der Waals surface area contributed by atoms with Gasteiger partial charge >= 0.3 is 0 Å². The van der Waals surface area contributed by atoms with Gasteiger partial charge in [-0.3, -0.25) is 0 Å². The molecule has 2 atom stereocenters. The summed E-state index contributed by atoms with van der Waals surface area (Å²) < 4.78 is 7.12. The minimum Gasteiger partial charge on any atom is -0.417 e. The molecule has 2 unspecified atom stereocenters. The number of allylic oxidation sites excluding steroid dienone is 1. The van der Waals surface area contributed by atoms with Gasteiger partial charge in [0.1, 0.15) is 0 Å². The first kappa shape index (κ1) is 11.0. The number of hydrogen-bond donors (Lipinski definition) is 0. The Morgan fingerprint density at radius 2 is 2.25 bits per heavy atom. The van der Waals surface area contributed by atoms with E-state index in [1.807, 2.05) is 0 Å².